The quantitative estimate of drug-likeness (QED) is 0.510. The van der Waals surface area contributed by atoms with Crippen LogP contribution in [0, 0.1) is 26.6 Å². The van der Waals surface area contributed by atoms with Gasteiger partial charge in [0.1, 0.15) is 12.4 Å². The van der Waals surface area contributed by atoms with Gasteiger partial charge in [-0.2, -0.15) is 10.1 Å². The van der Waals surface area contributed by atoms with Crippen LogP contribution in [0.4, 0.5) is 4.39 Å². The molecule has 0 bridgehead atoms. The Hall–Kier alpha value is -3.21. The van der Waals surface area contributed by atoms with Crippen LogP contribution in [0.15, 0.2) is 54.6 Å². The summed E-state index contributed by atoms with van der Waals surface area (Å²) in [6.07, 6.45) is 0. The van der Waals surface area contributed by atoms with Crippen molar-refractivity contribution >= 4 is 11.0 Å². The molecule has 0 fully saturated rings. The van der Waals surface area contributed by atoms with Crippen LogP contribution in [-0.4, -0.2) is 14.8 Å². The smallest absolute Gasteiger partial charge is 0.215 e. The third-order valence-corrected chi connectivity index (χ3v) is 4.54. The molecule has 5 heteroatoms. The minimum atomic E-state index is -0.274. The first-order valence-electron chi connectivity index (χ1n) is 8.82. The second-order valence-corrected chi connectivity index (χ2v) is 6.73. The number of pyridine rings is 1. The summed E-state index contributed by atoms with van der Waals surface area (Å²) in [5, 5.41) is 5.69. The molecular weight excluding hydrogens is 341 g/mol. The van der Waals surface area contributed by atoms with Gasteiger partial charge < -0.3 is 4.74 Å². The fraction of sp³-hybridized carbons (Fsp3) is 0.182. The van der Waals surface area contributed by atoms with E-state index in [1.165, 1.54) is 17.7 Å². The first-order valence-corrected chi connectivity index (χ1v) is 8.82. The molecule has 0 spiro atoms. The fourth-order valence-corrected chi connectivity index (χ4v) is 3.20. The molecule has 0 N–H and O–H groups in total. The van der Waals surface area contributed by atoms with Crippen molar-refractivity contribution in [1.29, 1.82) is 0 Å². The summed E-state index contributed by atoms with van der Waals surface area (Å²) in [7, 11) is 0. The van der Waals surface area contributed by atoms with Crippen LogP contribution in [-0.2, 0) is 6.61 Å². The topological polar surface area (TPSA) is 39.9 Å². The van der Waals surface area contributed by atoms with E-state index in [0.29, 0.717) is 5.88 Å². The summed E-state index contributed by atoms with van der Waals surface area (Å²) in [6, 6.07) is 16.4. The SMILES string of the molecule is Cc1ccc(-n2nc(C)c3c(C)cc(OCc4cccc(F)c4)nc32)cc1. The molecule has 0 atom stereocenters. The Bertz CT molecular complexity index is 1120. The van der Waals surface area contributed by atoms with Gasteiger partial charge in [-0.25, -0.2) is 9.07 Å². The van der Waals surface area contributed by atoms with Gasteiger partial charge in [-0.1, -0.05) is 29.8 Å². The zero-order valence-corrected chi connectivity index (χ0v) is 15.5. The van der Waals surface area contributed by atoms with E-state index in [9.17, 15) is 4.39 Å². The van der Waals surface area contributed by atoms with Crippen LogP contribution in [0.2, 0.25) is 0 Å². The lowest BCUT2D eigenvalue weighted by atomic mass is 10.1. The number of fused-ring (bicyclic) bond motifs is 1. The Labute approximate surface area is 157 Å². The zero-order chi connectivity index (χ0) is 19.0. The van der Waals surface area contributed by atoms with E-state index in [4.69, 9.17) is 4.74 Å². The Kier molecular flexibility index (Phi) is 4.36. The number of ether oxygens (including phenoxy) is 1. The first-order chi connectivity index (χ1) is 13.0. The van der Waals surface area contributed by atoms with Gasteiger partial charge in [-0.05, 0) is 56.2 Å². The summed E-state index contributed by atoms with van der Waals surface area (Å²) in [5.74, 6) is 0.223. The van der Waals surface area contributed by atoms with Crippen molar-refractivity contribution in [2.75, 3.05) is 0 Å². The molecule has 4 nitrogen and oxygen atoms in total. The fourth-order valence-electron chi connectivity index (χ4n) is 3.20. The molecule has 4 aromatic rings. The van der Waals surface area contributed by atoms with Crippen LogP contribution in [0.5, 0.6) is 5.88 Å². The summed E-state index contributed by atoms with van der Waals surface area (Å²) in [4.78, 5) is 4.68. The van der Waals surface area contributed by atoms with Crippen molar-refractivity contribution < 1.29 is 9.13 Å². The molecular formula is C22H20FN3O. The van der Waals surface area contributed by atoms with Gasteiger partial charge in [0, 0.05) is 11.5 Å². The summed E-state index contributed by atoms with van der Waals surface area (Å²) < 4.78 is 21.0. The molecule has 0 aliphatic rings. The Balaban J connectivity index is 1.73. The predicted octanol–water partition coefficient (Wildman–Crippen LogP) is 5.06. The van der Waals surface area contributed by atoms with Gasteiger partial charge in [0.25, 0.3) is 0 Å². The molecule has 27 heavy (non-hydrogen) atoms. The number of benzene rings is 2. The highest BCUT2D eigenvalue weighted by molar-refractivity contribution is 5.83. The van der Waals surface area contributed by atoms with Gasteiger partial charge in [0.05, 0.1) is 11.4 Å². The number of hydrogen-bond donors (Lipinski definition) is 0. The van der Waals surface area contributed by atoms with E-state index in [-0.39, 0.29) is 12.4 Å². The standard InChI is InChI=1S/C22H20FN3O/c1-14-7-9-19(10-8-14)26-22-21(16(3)25-26)15(2)11-20(24-22)27-13-17-5-4-6-18(23)12-17/h4-12H,13H2,1-3H3. The predicted molar refractivity (Wildman–Crippen MR) is 104 cm³/mol. The van der Waals surface area contributed by atoms with Crippen LogP contribution >= 0.6 is 0 Å². The molecule has 2 aromatic heterocycles. The molecule has 0 radical (unpaired) electrons. The maximum absolute atomic E-state index is 13.4. The molecule has 0 unspecified atom stereocenters. The number of nitrogens with zero attached hydrogens (tertiary/aromatic N) is 3. The monoisotopic (exact) mass is 361 g/mol. The van der Waals surface area contributed by atoms with Crippen molar-refractivity contribution in [1.82, 2.24) is 14.8 Å². The number of halogens is 1. The van der Waals surface area contributed by atoms with Gasteiger partial charge in [-0.3, -0.25) is 0 Å². The Morgan fingerprint density at radius 2 is 1.78 bits per heavy atom. The highest BCUT2D eigenvalue weighted by Crippen LogP contribution is 2.27. The molecule has 0 aliphatic heterocycles. The minimum Gasteiger partial charge on any atom is -0.473 e. The molecule has 0 saturated carbocycles. The van der Waals surface area contributed by atoms with E-state index in [2.05, 4.69) is 29.1 Å². The van der Waals surface area contributed by atoms with Crippen LogP contribution in [0.25, 0.3) is 16.7 Å². The van der Waals surface area contributed by atoms with Crippen molar-refractivity contribution in [3.8, 4) is 11.6 Å². The number of aryl methyl sites for hydroxylation is 3. The van der Waals surface area contributed by atoms with E-state index >= 15 is 0 Å². The van der Waals surface area contributed by atoms with Crippen molar-refractivity contribution in [3.05, 3.63) is 82.8 Å². The lowest BCUT2D eigenvalue weighted by Gasteiger charge is -2.09. The van der Waals surface area contributed by atoms with Crippen LogP contribution in [0.1, 0.15) is 22.4 Å². The summed E-state index contributed by atoms with van der Waals surface area (Å²) in [5.41, 5.74) is 5.63. The highest BCUT2D eigenvalue weighted by Gasteiger charge is 2.15. The molecule has 0 aliphatic carbocycles. The zero-order valence-electron chi connectivity index (χ0n) is 15.5. The summed E-state index contributed by atoms with van der Waals surface area (Å²) >= 11 is 0. The lowest BCUT2D eigenvalue weighted by Crippen LogP contribution is -2.01. The largest absolute Gasteiger partial charge is 0.473 e. The molecule has 4 rings (SSSR count). The Morgan fingerprint density at radius 3 is 2.52 bits per heavy atom. The van der Waals surface area contributed by atoms with Gasteiger partial charge in [-0.15, -0.1) is 0 Å². The summed E-state index contributed by atoms with van der Waals surface area (Å²) in [6.45, 7) is 6.31. The van der Waals surface area contributed by atoms with Crippen molar-refractivity contribution in [2.45, 2.75) is 27.4 Å². The van der Waals surface area contributed by atoms with E-state index in [1.54, 1.807) is 6.07 Å². The number of rotatable bonds is 4. The maximum Gasteiger partial charge on any atom is 0.215 e. The molecule has 136 valence electrons. The van der Waals surface area contributed by atoms with Crippen molar-refractivity contribution in [2.24, 2.45) is 0 Å². The average molecular weight is 361 g/mol. The van der Waals surface area contributed by atoms with E-state index in [0.717, 1.165) is 33.5 Å². The molecule has 2 aromatic carbocycles. The average Bonchev–Trinajstić information content (AvgIpc) is 2.98. The maximum atomic E-state index is 13.4. The number of aromatic nitrogens is 3. The number of hydrogen-bond acceptors (Lipinski definition) is 3. The first kappa shape index (κ1) is 17.2. The third kappa shape index (κ3) is 3.40. The van der Waals surface area contributed by atoms with Gasteiger partial charge >= 0.3 is 0 Å². The second-order valence-electron chi connectivity index (χ2n) is 6.73. The van der Waals surface area contributed by atoms with E-state index < -0.39 is 0 Å². The normalized spacial score (nSPS) is 11.1. The van der Waals surface area contributed by atoms with E-state index in [1.807, 2.05) is 42.8 Å². The Morgan fingerprint density at radius 1 is 1.00 bits per heavy atom. The highest BCUT2D eigenvalue weighted by atomic mass is 19.1. The second kappa shape index (κ2) is 6.83. The van der Waals surface area contributed by atoms with Gasteiger partial charge in [0.15, 0.2) is 5.65 Å². The van der Waals surface area contributed by atoms with Crippen LogP contribution in [0.3, 0.4) is 0 Å². The molecule has 0 amide bonds. The third-order valence-electron chi connectivity index (χ3n) is 4.54. The van der Waals surface area contributed by atoms with Crippen molar-refractivity contribution in [3.63, 3.8) is 0 Å². The minimum absolute atomic E-state index is 0.257. The molecule has 0 saturated heterocycles. The molecule has 2 heterocycles. The van der Waals surface area contributed by atoms with Gasteiger partial charge in [0.2, 0.25) is 5.88 Å². The van der Waals surface area contributed by atoms with Crippen LogP contribution < -0.4 is 4.74 Å². The lowest BCUT2D eigenvalue weighted by molar-refractivity contribution is 0.294.